The molecule has 0 amide bonds. The molecule has 0 saturated heterocycles. The van der Waals surface area contributed by atoms with Gasteiger partial charge >= 0.3 is 5.69 Å². The van der Waals surface area contributed by atoms with Crippen LogP contribution in [-0.4, -0.2) is 25.2 Å². The summed E-state index contributed by atoms with van der Waals surface area (Å²) in [6, 6.07) is 17.5. The van der Waals surface area contributed by atoms with Crippen LogP contribution in [0.25, 0.3) is 11.2 Å². The number of hydrogen-bond donors (Lipinski definition) is 0. The van der Waals surface area contributed by atoms with Crippen molar-refractivity contribution in [3.05, 3.63) is 75.4 Å². The highest BCUT2D eigenvalue weighted by Crippen LogP contribution is 2.34. The Balaban J connectivity index is 1.54. The highest BCUT2D eigenvalue weighted by atomic mass is 16.5. The molecular weight excluding hydrogens is 442 g/mol. The van der Waals surface area contributed by atoms with E-state index in [4.69, 9.17) is 9.72 Å². The van der Waals surface area contributed by atoms with E-state index in [1.54, 1.807) is 7.05 Å². The number of ether oxygens (including phenoxy) is 1. The number of aryl methyl sites for hydroxylation is 1. The SMILES string of the molecule is CCCCCn1c(=O)c2c(nc3n2C[C@@H](C)CN3c2ccc(Oc3ccccc3)cc2)n(C)c1=O. The first kappa shape index (κ1) is 23.0. The van der Waals surface area contributed by atoms with Crippen LogP contribution in [0.15, 0.2) is 64.2 Å². The van der Waals surface area contributed by atoms with Crippen molar-refractivity contribution in [2.24, 2.45) is 13.0 Å². The first-order valence-electron chi connectivity index (χ1n) is 12.3. The van der Waals surface area contributed by atoms with Gasteiger partial charge in [0.15, 0.2) is 11.2 Å². The summed E-state index contributed by atoms with van der Waals surface area (Å²) in [4.78, 5) is 33.3. The van der Waals surface area contributed by atoms with Gasteiger partial charge in [0.05, 0.1) is 0 Å². The molecule has 8 heteroatoms. The fourth-order valence-corrected chi connectivity index (χ4v) is 4.76. The topological polar surface area (TPSA) is 74.3 Å². The van der Waals surface area contributed by atoms with Crippen LogP contribution < -0.4 is 20.9 Å². The third-order valence-electron chi connectivity index (χ3n) is 6.55. The molecule has 0 N–H and O–H groups in total. The maximum atomic E-state index is 13.5. The number of aromatic nitrogens is 4. The number of hydrogen-bond acceptors (Lipinski definition) is 5. The Kier molecular flexibility index (Phi) is 6.19. The van der Waals surface area contributed by atoms with Gasteiger partial charge in [0.25, 0.3) is 5.56 Å². The van der Waals surface area contributed by atoms with Gasteiger partial charge in [0, 0.05) is 32.4 Å². The maximum absolute atomic E-state index is 13.5. The van der Waals surface area contributed by atoms with E-state index in [-0.39, 0.29) is 11.2 Å². The van der Waals surface area contributed by atoms with Crippen molar-refractivity contribution in [2.45, 2.75) is 46.2 Å². The van der Waals surface area contributed by atoms with Crippen LogP contribution >= 0.6 is 0 Å². The highest BCUT2D eigenvalue weighted by Gasteiger charge is 2.29. The molecule has 8 nitrogen and oxygen atoms in total. The van der Waals surface area contributed by atoms with E-state index in [1.165, 1.54) is 9.13 Å². The monoisotopic (exact) mass is 473 g/mol. The molecule has 0 unspecified atom stereocenters. The third kappa shape index (κ3) is 4.24. The first-order chi connectivity index (χ1) is 17.0. The largest absolute Gasteiger partial charge is 0.457 e. The number of unbranched alkanes of at least 4 members (excludes halogenated alkanes) is 2. The lowest BCUT2D eigenvalue weighted by Gasteiger charge is -2.33. The molecule has 0 radical (unpaired) electrons. The molecule has 35 heavy (non-hydrogen) atoms. The fraction of sp³-hybridized carbons (Fsp3) is 0.370. The summed E-state index contributed by atoms with van der Waals surface area (Å²) in [5.41, 5.74) is 1.33. The van der Waals surface area contributed by atoms with Crippen LogP contribution in [0.4, 0.5) is 11.6 Å². The van der Waals surface area contributed by atoms with Crippen LogP contribution in [0.3, 0.4) is 0 Å². The van der Waals surface area contributed by atoms with E-state index in [0.717, 1.165) is 43.0 Å². The number of rotatable bonds is 7. The lowest BCUT2D eigenvalue weighted by molar-refractivity contribution is 0.457. The molecule has 182 valence electrons. The van der Waals surface area contributed by atoms with E-state index < -0.39 is 0 Å². The Morgan fingerprint density at radius 3 is 2.40 bits per heavy atom. The van der Waals surface area contributed by atoms with E-state index in [1.807, 2.05) is 59.2 Å². The number of benzene rings is 2. The van der Waals surface area contributed by atoms with Crippen LogP contribution in [0.2, 0.25) is 0 Å². The number of para-hydroxylation sites is 1. The van der Waals surface area contributed by atoms with E-state index in [2.05, 4.69) is 18.7 Å². The molecule has 2 aromatic carbocycles. The Morgan fingerprint density at radius 1 is 0.971 bits per heavy atom. The average Bonchev–Trinajstić information content (AvgIpc) is 3.25. The quantitative estimate of drug-likeness (QED) is 0.365. The minimum Gasteiger partial charge on any atom is -0.457 e. The van der Waals surface area contributed by atoms with Gasteiger partial charge in [-0.15, -0.1) is 0 Å². The summed E-state index contributed by atoms with van der Waals surface area (Å²) in [5.74, 6) is 2.51. The molecule has 0 fully saturated rings. The second-order valence-electron chi connectivity index (χ2n) is 9.32. The second kappa shape index (κ2) is 9.44. The molecule has 5 rings (SSSR count). The predicted octanol–water partition coefficient (Wildman–Crippen LogP) is 4.67. The normalized spacial score (nSPS) is 15.4. The van der Waals surface area contributed by atoms with Crippen molar-refractivity contribution in [1.29, 1.82) is 0 Å². The maximum Gasteiger partial charge on any atom is 0.332 e. The number of anilines is 2. The highest BCUT2D eigenvalue weighted by molar-refractivity contribution is 5.77. The average molecular weight is 474 g/mol. The van der Waals surface area contributed by atoms with Gasteiger partial charge in [-0.25, -0.2) is 4.79 Å². The molecular formula is C27H31N5O3. The Labute approximate surface area is 204 Å². The zero-order valence-corrected chi connectivity index (χ0v) is 20.5. The summed E-state index contributed by atoms with van der Waals surface area (Å²) >= 11 is 0. The van der Waals surface area contributed by atoms with Crippen LogP contribution in [0.5, 0.6) is 11.5 Å². The summed E-state index contributed by atoms with van der Waals surface area (Å²) < 4.78 is 10.8. The number of fused-ring (bicyclic) bond motifs is 3. The van der Waals surface area contributed by atoms with E-state index >= 15 is 0 Å². The lowest BCUT2D eigenvalue weighted by atomic mass is 10.1. The van der Waals surface area contributed by atoms with Gasteiger partial charge in [0.1, 0.15) is 11.5 Å². The molecule has 1 aliphatic rings. The molecule has 3 heterocycles. The molecule has 1 aliphatic heterocycles. The van der Waals surface area contributed by atoms with Crippen molar-refractivity contribution in [3.8, 4) is 11.5 Å². The number of nitrogens with zero attached hydrogens (tertiary/aromatic N) is 5. The molecule has 0 bridgehead atoms. The minimum atomic E-state index is -0.309. The lowest BCUT2D eigenvalue weighted by Crippen LogP contribution is -2.40. The first-order valence-corrected chi connectivity index (χ1v) is 12.3. The zero-order chi connectivity index (χ0) is 24.5. The second-order valence-corrected chi connectivity index (χ2v) is 9.32. The summed E-state index contributed by atoms with van der Waals surface area (Å²) in [6.07, 6.45) is 2.81. The van der Waals surface area contributed by atoms with Gasteiger partial charge in [-0.05, 0) is 48.7 Å². The summed E-state index contributed by atoms with van der Waals surface area (Å²) in [7, 11) is 1.70. The number of imidazole rings is 1. The fourth-order valence-electron chi connectivity index (χ4n) is 4.76. The summed E-state index contributed by atoms with van der Waals surface area (Å²) in [6.45, 7) is 6.14. The van der Waals surface area contributed by atoms with Crippen LogP contribution in [0, 0.1) is 5.92 Å². The van der Waals surface area contributed by atoms with Gasteiger partial charge in [0.2, 0.25) is 5.95 Å². The molecule has 4 aromatic rings. The Morgan fingerprint density at radius 2 is 1.69 bits per heavy atom. The van der Waals surface area contributed by atoms with Gasteiger partial charge in [-0.1, -0.05) is 44.9 Å². The minimum absolute atomic E-state index is 0.251. The van der Waals surface area contributed by atoms with Gasteiger partial charge < -0.3 is 14.2 Å². The zero-order valence-electron chi connectivity index (χ0n) is 20.5. The van der Waals surface area contributed by atoms with Crippen molar-refractivity contribution < 1.29 is 4.74 Å². The van der Waals surface area contributed by atoms with Gasteiger partial charge in [-0.2, -0.15) is 4.98 Å². The molecule has 2 aromatic heterocycles. The van der Waals surface area contributed by atoms with Crippen molar-refractivity contribution in [1.82, 2.24) is 18.7 Å². The smallest absolute Gasteiger partial charge is 0.332 e. The third-order valence-corrected chi connectivity index (χ3v) is 6.55. The van der Waals surface area contributed by atoms with E-state index in [0.29, 0.717) is 36.1 Å². The summed E-state index contributed by atoms with van der Waals surface area (Å²) in [5, 5.41) is 0. The van der Waals surface area contributed by atoms with Crippen LogP contribution in [0.1, 0.15) is 33.1 Å². The molecule has 0 spiro atoms. The standard InChI is InChI=1S/C27H31N5O3/c1-4-5-9-16-30-25(33)23-24(29(3)27(30)34)28-26-31(17-19(2)18-32(23)26)20-12-14-22(15-13-20)35-21-10-7-6-8-11-21/h6-8,10-15,19H,4-5,9,16-18H2,1-3H3/t19-/m0/s1. The Hall–Kier alpha value is -3.81. The Bertz CT molecular complexity index is 1450. The van der Waals surface area contributed by atoms with Crippen LogP contribution in [-0.2, 0) is 20.1 Å². The van der Waals surface area contributed by atoms with Crippen molar-refractivity contribution in [2.75, 3.05) is 11.4 Å². The van der Waals surface area contributed by atoms with E-state index in [9.17, 15) is 9.59 Å². The van der Waals surface area contributed by atoms with Crippen molar-refractivity contribution >= 4 is 22.8 Å². The predicted molar refractivity (Wildman–Crippen MR) is 138 cm³/mol. The molecule has 0 aliphatic carbocycles. The van der Waals surface area contributed by atoms with Gasteiger partial charge in [-0.3, -0.25) is 13.9 Å². The molecule has 0 saturated carbocycles. The molecule has 1 atom stereocenters. The van der Waals surface area contributed by atoms with Crippen molar-refractivity contribution in [3.63, 3.8) is 0 Å².